The highest BCUT2D eigenvalue weighted by molar-refractivity contribution is 5.07. The van der Waals surface area contributed by atoms with Crippen LogP contribution in [0.15, 0.2) is 0 Å². The maximum atomic E-state index is 10.1. The molecule has 3 saturated carbocycles. The molecule has 2 nitrogen and oxygen atoms in total. The Hall–Kier alpha value is -0.0800. The molecule has 0 saturated heterocycles. The Bertz CT molecular complexity index is 283. The summed E-state index contributed by atoms with van der Waals surface area (Å²) in [6.07, 6.45) is 13.2. The van der Waals surface area contributed by atoms with Crippen molar-refractivity contribution in [3.05, 3.63) is 0 Å². The molecule has 3 aliphatic carbocycles. The minimum atomic E-state index is -0.0753. The molecule has 3 fully saturated rings. The van der Waals surface area contributed by atoms with Crippen LogP contribution in [-0.4, -0.2) is 23.4 Å². The molecule has 0 amide bonds. The highest BCUT2D eigenvalue weighted by atomic mass is 16.5. The molecule has 0 heterocycles. The van der Waals surface area contributed by atoms with E-state index in [0.29, 0.717) is 12.2 Å². The summed E-state index contributed by atoms with van der Waals surface area (Å²) >= 11 is 0. The molecule has 3 rings (SSSR count). The first-order valence-corrected chi connectivity index (χ1v) is 8.10. The molecule has 0 aliphatic heterocycles. The minimum Gasteiger partial charge on any atom is -0.392 e. The van der Waals surface area contributed by atoms with E-state index in [1.807, 2.05) is 0 Å². The van der Waals surface area contributed by atoms with Crippen molar-refractivity contribution in [2.24, 2.45) is 11.3 Å². The summed E-state index contributed by atoms with van der Waals surface area (Å²) < 4.78 is 6.48. The Kier molecular flexibility index (Phi) is 3.68. The van der Waals surface area contributed by atoms with Crippen LogP contribution in [0.4, 0.5) is 0 Å². The van der Waals surface area contributed by atoms with Gasteiger partial charge in [0.25, 0.3) is 0 Å². The fourth-order valence-electron chi connectivity index (χ4n) is 4.64. The molecule has 0 aromatic rings. The normalized spacial score (nSPS) is 43.0. The molecule has 4 atom stereocenters. The highest BCUT2D eigenvalue weighted by Crippen LogP contribution is 2.55. The number of aliphatic hydroxyl groups excluding tert-OH is 1. The van der Waals surface area contributed by atoms with Gasteiger partial charge in [-0.05, 0) is 31.6 Å². The number of ether oxygens (including phenoxy) is 1. The first-order chi connectivity index (χ1) is 8.76. The Morgan fingerprint density at radius 3 is 2.50 bits per heavy atom. The summed E-state index contributed by atoms with van der Waals surface area (Å²) in [4.78, 5) is 0. The third-order valence-electron chi connectivity index (χ3n) is 5.98. The van der Waals surface area contributed by atoms with Crippen LogP contribution in [0.3, 0.4) is 0 Å². The lowest BCUT2D eigenvalue weighted by Gasteiger charge is -2.53. The van der Waals surface area contributed by atoms with E-state index in [4.69, 9.17) is 4.74 Å². The van der Waals surface area contributed by atoms with Crippen molar-refractivity contribution in [3.8, 4) is 0 Å². The summed E-state index contributed by atoms with van der Waals surface area (Å²) in [6, 6.07) is 0. The van der Waals surface area contributed by atoms with Crippen molar-refractivity contribution < 1.29 is 9.84 Å². The van der Waals surface area contributed by atoms with Gasteiger partial charge in [0.15, 0.2) is 0 Å². The predicted octanol–water partition coefficient (Wildman–Crippen LogP) is 3.67. The summed E-state index contributed by atoms with van der Waals surface area (Å²) in [5, 5.41) is 10.1. The Balaban J connectivity index is 1.62. The van der Waals surface area contributed by atoms with Crippen molar-refractivity contribution in [3.63, 3.8) is 0 Å². The lowest BCUT2D eigenvalue weighted by Crippen LogP contribution is -2.58. The van der Waals surface area contributed by atoms with E-state index in [1.165, 1.54) is 57.8 Å². The van der Waals surface area contributed by atoms with Gasteiger partial charge in [0.2, 0.25) is 0 Å². The van der Waals surface area contributed by atoms with E-state index < -0.39 is 0 Å². The molecular weight excluding hydrogens is 224 g/mol. The fraction of sp³-hybridized carbons (Fsp3) is 1.00. The number of hydrogen-bond acceptors (Lipinski definition) is 2. The Labute approximate surface area is 111 Å². The number of aliphatic hydroxyl groups is 1. The quantitative estimate of drug-likeness (QED) is 0.830. The van der Waals surface area contributed by atoms with Crippen LogP contribution in [0.2, 0.25) is 0 Å². The maximum Gasteiger partial charge on any atom is 0.0684 e. The van der Waals surface area contributed by atoms with Crippen LogP contribution in [0.25, 0.3) is 0 Å². The first kappa shape index (κ1) is 12.9. The van der Waals surface area contributed by atoms with Gasteiger partial charge < -0.3 is 9.84 Å². The average molecular weight is 252 g/mol. The second kappa shape index (κ2) is 5.13. The number of rotatable bonds is 3. The van der Waals surface area contributed by atoms with E-state index in [2.05, 4.69) is 6.92 Å². The van der Waals surface area contributed by atoms with Gasteiger partial charge in [-0.3, -0.25) is 0 Å². The monoisotopic (exact) mass is 252 g/mol. The molecule has 0 aromatic carbocycles. The van der Waals surface area contributed by atoms with Crippen LogP contribution >= 0.6 is 0 Å². The molecule has 4 unspecified atom stereocenters. The van der Waals surface area contributed by atoms with Gasteiger partial charge in [-0.1, -0.05) is 39.0 Å². The zero-order valence-corrected chi connectivity index (χ0v) is 11.7. The zero-order valence-electron chi connectivity index (χ0n) is 11.7. The van der Waals surface area contributed by atoms with Gasteiger partial charge in [-0.15, -0.1) is 0 Å². The molecule has 18 heavy (non-hydrogen) atoms. The molecule has 0 radical (unpaired) electrons. The van der Waals surface area contributed by atoms with Crippen LogP contribution in [0, 0.1) is 11.3 Å². The van der Waals surface area contributed by atoms with E-state index in [0.717, 1.165) is 12.3 Å². The summed E-state index contributed by atoms with van der Waals surface area (Å²) in [5.41, 5.74) is 0.162. The molecule has 1 spiro atoms. The SMILES string of the molecule is CCC1CCCCC1OC1CC(O)C12CCCC2. The topological polar surface area (TPSA) is 29.5 Å². The van der Waals surface area contributed by atoms with Gasteiger partial charge in [-0.2, -0.15) is 0 Å². The predicted molar refractivity (Wildman–Crippen MR) is 72.4 cm³/mol. The second-order valence-electron chi connectivity index (χ2n) is 6.81. The van der Waals surface area contributed by atoms with Crippen molar-refractivity contribution in [2.45, 2.75) is 89.4 Å². The largest absolute Gasteiger partial charge is 0.392 e. The van der Waals surface area contributed by atoms with E-state index in [-0.39, 0.29) is 11.5 Å². The van der Waals surface area contributed by atoms with Crippen molar-refractivity contribution in [2.75, 3.05) is 0 Å². The minimum absolute atomic E-state index is 0.0753. The molecule has 0 aromatic heterocycles. The third kappa shape index (κ3) is 2.02. The Morgan fingerprint density at radius 2 is 1.83 bits per heavy atom. The third-order valence-corrected chi connectivity index (χ3v) is 5.98. The van der Waals surface area contributed by atoms with Crippen molar-refractivity contribution in [1.82, 2.24) is 0 Å². The zero-order chi connectivity index (χ0) is 12.6. The van der Waals surface area contributed by atoms with Crippen molar-refractivity contribution in [1.29, 1.82) is 0 Å². The van der Waals surface area contributed by atoms with Crippen LogP contribution in [-0.2, 0) is 4.74 Å². The molecule has 104 valence electrons. The van der Waals surface area contributed by atoms with Gasteiger partial charge >= 0.3 is 0 Å². The summed E-state index contributed by atoms with van der Waals surface area (Å²) in [7, 11) is 0. The van der Waals surface area contributed by atoms with Crippen molar-refractivity contribution >= 4 is 0 Å². The average Bonchev–Trinajstić information content (AvgIpc) is 2.91. The standard InChI is InChI=1S/C16H28O2/c1-2-12-7-3-4-8-13(12)18-15-11-14(17)16(15)9-5-6-10-16/h12-15,17H,2-11H2,1H3. The van der Waals surface area contributed by atoms with Gasteiger partial charge in [0, 0.05) is 11.8 Å². The second-order valence-corrected chi connectivity index (χ2v) is 6.81. The van der Waals surface area contributed by atoms with E-state index in [1.54, 1.807) is 0 Å². The summed E-state index contributed by atoms with van der Waals surface area (Å²) in [5.74, 6) is 0.773. The molecule has 3 aliphatic rings. The van der Waals surface area contributed by atoms with E-state index in [9.17, 15) is 5.11 Å². The lowest BCUT2D eigenvalue weighted by molar-refractivity contribution is -0.219. The Morgan fingerprint density at radius 1 is 1.11 bits per heavy atom. The summed E-state index contributed by atoms with van der Waals surface area (Å²) in [6.45, 7) is 2.30. The highest BCUT2D eigenvalue weighted by Gasteiger charge is 2.57. The molecule has 1 N–H and O–H groups in total. The lowest BCUT2D eigenvalue weighted by atomic mass is 9.62. The maximum absolute atomic E-state index is 10.1. The van der Waals surface area contributed by atoms with Crippen LogP contribution in [0.5, 0.6) is 0 Å². The first-order valence-electron chi connectivity index (χ1n) is 8.10. The molecule has 2 heteroatoms. The fourth-order valence-corrected chi connectivity index (χ4v) is 4.64. The van der Waals surface area contributed by atoms with Crippen LogP contribution < -0.4 is 0 Å². The smallest absolute Gasteiger partial charge is 0.0684 e. The molecule has 0 bridgehead atoms. The van der Waals surface area contributed by atoms with Gasteiger partial charge in [-0.25, -0.2) is 0 Å². The van der Waals surface area contributed by atoms with Gasteiger partial charge in [0.05, 0.1) is 18.3 Å². The molecular formula is C16H28O2. The van der Waals surface area contributed by atoms with E-state index >= 15 is 0 Å². The number of hydrogen-bond donors (Lipinski definition) is 1. The van der Waals surface area contributed by atoms with Crippen LogP contribution in [0.1, 0.15) is 71.1 Å². The van der Waals surface area contributed by atoms with Gasteiger partial charge in [0.1, 0.15) is 0 Å².